The van der Waals surface area contributed by atoms with Crippen molar-refractivity contribution in [1.82, 2.24) is 9.88 Å². The molecule has 0 bridgehead atoms. The molecular weight excluding hydrogens is 212 g/mol. The molecule has 0 unspecified atom stereocenters. The van der Waals surface area contributed by atoms with Crippen LogP contribution in [0.3, 0.4) is 0 Å². The van der Waals surface area contributed by atoms with Gasteiger partial charge in [0.05, 0.1) is 5.69 Å². The molecule has 0 atom stereocenters. The molecule has 0 saturated carbocycles. The first-order chi connectivity index (χ1) is 7.16. The summed E-state index contributed by atoms with van der Waals surface area (Å²) in [6, 6.07) is 3.53. The van der Waals surface area contributed by atoms with Crippen molar-refractivity contribution in [2.75, 3.05) is 43.9 Å². The van der Waals surface area contributed by atoms with Gasteiger partial charge < -0.3 is 15.5 Å². The largest absolute Gasteiger partial charge is 0.396 e. The van der Waals surface area contributed by atoms with Crippen LogP contribution in [0.25, 0.3) is 0 Å². The van der Waals surface area contributed by atoms with Gasteiger partial charge in [0.25, 0.3) is 0 Å². The summed E-state index contributed by atoms with van der Waals surface area (Å²) >= 11 is 5.86. The highest BCUT2D eigenvalue weighted by atomic mass is 35.5. The number of hydrogen-bond acceptors (Lipinski definition) is 4. The van der Waals surface area contributed by atoms with E-state index in [0.29, 0.717) is 10.8 Å². The lowest BCUT2D eigenvalue weighted by Gasteiger charge is -2.33. The molecule has 2 N–H and O–H groups in total. The smallest absolute Gasteiger partial charge is 0.153 e. The zero-order valence-electron chi connectivity index (χ0n) is 8.78. The lowest BCUT2D eigenvalue weighted by Crippen LogP contribution is -2.45. The van der Waals surface area contributed by atoms with Gasteiger partial charge in [0.15, 0.2) is 5.82 Å². The predicted molar refractivity (Wildman–Crippen MR) is 63.4 cm³/mol. The third-order valence-corrected chi connectivity index (χ3v) is 2.88. The molecule has 4 nitrogen and oxygen atoms in total. The summed E-state index contributed by atoms with van der Waals surface area (Å²) in [6.07, 6.45) is 0. The van der Waals surface area contributed by atoms with Gasteiger partial charge in [0.1, 0.15) is 5.15 Å². The topological polar surface area (TPSA) is 45.4 Å². The lowest BCUT2D eigenvalue weighted by molar-refractivity contribution is 0.312. The number of hydrogen-bond donors (Lipinski definition) is 1. The maximum absolute atomic E-state index is 5.88. The van der Waals surface area contributed by atoms with E-state index in [9.17, 15) is 0 Å². The van der Waals surface area contributed by atoms with Crippen molar-refractivity contribution in [2.45, 2.75) is 0 Å². The maximum atomic E-state index is 5.88. The van der Waals surface area contributed by atoms with E-state index in [4.69, 9.17) is 17.3 Å². The van der Waals surface area contributed by atoms with Gasteiger partial charge in [-0.1, -0.05) is 11.6 Å². The number of pyridine rings is 1. The highest BCUT2D eigenvalue weighted by molar-refractivity contribution is 6.29. The Labute approximate surface area is 94.6 Å². The number of likely N-dealkylation sites (N-methyl/N-ethyl adjacent to an activating group) is 1. The molecule has 1 aliphatic heterocycles. The second kappa shape index (κ2) is 4.24. The standard InChI is InChI=1S/C10H15ClN4/c1-14-4-6-15(7-5-14)10-8(12)2-3-9(11)13-10/h2-3H,4-7,12H2,1H3. The highest BCUT2D eigenvalue weighted by Gasteiger charge is 2.17. The van der Waals surface area contributed by atoms with Crippen molar-refractivity contribution in [3.63, 3.8) is 0 Å². The number of rotatable bonds is 1. The Balaban J connectivity index is 2.18. The molecule has 1 aliphatic rings. The average molecular weight is 227 g/mol. The van der Waals surface area contributed by atoms with Crippen LogP contribution in [-0.2, 0) is 0 Å². The summed E-state index contributed by atoms with van der Waals surface area (Å²) in [5.74, 6) is 0.815. The molecule has 0 radical (unpaired) electrons. The molecular formula is C10H15ClN4. The van der Waals surface area contributed by atoms with E-state index < -0.39 is 0 Å². The normalized spacial score (nSPS) is 18.1. The summed E-state index contributed by atoms with van der Waals surface area (Å²) in [4.78, 5) is 8.74. The SMILES string of the molecule is CN1CCN(c2nc(Cl)ccc2N)CC1. The van der Waals surface area contributed by atoms with Crippen molar-refractivity contribution < 1.29 is 0 Å². The fourth-order valence-electron chi connectivity index (χ4n) is 1.71. The fourth-order valence-corrected chi connectivity index (χ4v) is 1.85. The van der Waals surface area contributed by atoms with E-state index in [-0.39, 0.29) is 0 Å². The molecule has 2 heterocycles. The first-order valence-corrected chi connectivity index (χ1v) is 5.40. The van der Waals surface area contributed by atoms with Crippen molar-refractivity contribution in [1.29, 1.82) is 0 Å². The first kappa shape index (κ1) is 10.5. The molecule has 1 aromatic rings. The molecule has 2 rings (SSSR count). The van der Waals surface area contributed by atoms with E-state index in [2.05, 4.69) is 21.8 Å². The van der Waals surface area contributed by atoms with Crippen LogP contribution in [0, 0.1) is 0 Å². The Bertz CT molecular complexity index is 347. The van der Waals surface area contributed by atoms with Crippen molar-refractivity contribution in [3.8, 4) is 0 Å². The highest BCUT2D eigenvalue weighted by Crippen LogP contribution is 2.23. The number of halogens is 1. The molecule has 0 aromatic carbocycles. The number of anilines is 2. The minimum Gasteiger partial charge on any atom is -0.396 e. The maximum Gasteiger partial charge on any atom is 0.153 e. The minimum absolute atomic E-state index is 0.498. The van der Waals surface area contributed by atoms with Gasteiger partial charge in [-0.05, 0) is 19.2 Å². The Morgan fingerprint density at radius 3 is 2.60 bits per heavy atom. The number of piperazine rings is 1. The summed E-state index contributed by atoms with van der Waals surface area (Å²) in [5.41, 5.74) is 6.58. The van der Waals surface area contributed by atoms with Crippen LogP contribution in [-0.4, -0.2) is 43.1 Å². The number of aromatic nitrogens is 1. The van der Waals surface area contributed by atoms with E-state index >= 15 is 0 Å². The van der Waals surface area contributed by atoms with Crippen LogP contribution in [0.15, 0.2) is 12.1 Å². The van der Waals surface area contributed by atoms with Crippen LogP contribution < -0.4 is 10.6 Å². The van der Waals surface area contributed by atoms with Gasteiger partial charge in [0, 0.05) is 26.2 Å². The van der Waals surface area contributed by atoms with Gasteiger partial charge in [-0.15, -0.1) is 0 Å². The summed E-state index contributed by atoms with van der Waals surface area (Å²) in [7, 11) is 2.12. The van der Waals surface area contributed by atoms with Crippen molar-refractivity contribution >= 4 is 23.1 Å². The van der Waals surface area contributed by atoms with E-state index in [0.717, 1.165) is 32.0 Å². The molecule has 1 saturated heterocycles. The van der Waals surface area contributed by atoms with Crippen molar-refractivity contribution in [3.05, 3.63) is 17.3 Å². The average Bonchev–Trinajstić information content (AvgIpc) is 2.23. The van der Waals surface area contributed by atoms with Gasteiger partial charge in [-0.2, -0.15) is 0 Å². The Kier molecular flexibility index (Phi) is 2.98. The summed E-state index contributed by atoms with van der Waals surface area (Å²) in [5, 5.41) is 0.498. The minimum atomic E-state index is 0.498. The van der Waals surface area contributed by atoms with Crippen LogP contribution >= 0.6 is 11.6 Å². The van der Waals surface area contributed by atoms with Crippen molar-refractivity contribution in [2.24, 2.45) is 0 Å². The second-order valence-electron chi connectivity index (χ2n) is 3.84. The van der Waals surface area contributed by atoms with Gasteiger partial charge in [-0.25, -0.2) is 4.98 Å². The lowest BCUT2D eigenvalue weighted by atomic mass is 10.3. The predicted octanol–water partition coefficient (Wildman–Crippen LogP) is 1.07. The van der Waals surface area contributed by atoms with Crippen LogP contribution in [0.5, 0.6) is 0 Å². The number of nitrogens with two attached hydrogens (primary N) is 1. The molecule has 15 heavy (non-hydrogen) atoms. The van der Waals surface area contributed by atoms with Gasteiger partial charge in [0.2, 0.25) is 0 Å². The van der Waals surface area contributed by atoms with Crippen LogP contribution in [0.2, 0.25) is 5.15 Å². The van der Waals surface area contributed by atoms with Gasteiger partial charge >= 0.3 is 0 Å². The molecule has 0 aliphatic carbocycles. The molecule has 0 spiro atoms. The van der Waals surface area contributed by atoms with E-state index in [1.165, 1.54) is 0 Å². The number of nitrogens with zero attached hydrogens (tertiary/aromatic N) is 3. The molecule has 0 amide bonds. The van der Waals surface area contributed by atoms with E-state index in [1.807, 2.05) is 6.07 Å². The zero-order valence-corrected chi connectivity index (χ0v) is 9.54. The summed E-state index contributed by atoms with van der Waals surface area (Å²) < 4.78 is 0. The molecule has 5 heteroatoms. The monoisotopic (exact) mass is 226 g/mol. The Hall–Kier alpha value is -1.00. The Morgan fingerprint density at radius 2 is 1.93 bits per heavy atom. The van der Waals surface area contributed by atoms with Crippen LogP contribution in [0.4, 0.5) is 11.5 Å². The van der Waals surface area contributed by atoms with Gasteiger partial charge in [-0.3, -0.25) is 0 Å². The quantitative estimate of drug-likeness (QED) is 0.728. The second-order valence-corrected chi connectivity index (χ2v) is 4.22. The molecule has 1 fully saturated rings. The summed E-state index contributed by atoms with van der Waals surface area (Å²) in [6.45, 7) is 3.98. The third-order valence-electron chi connectivity index (χ3n) is 2.67. The zero-order chi connectivity index (χ0) is 10.8. The fraction of sp³-hybridized carbons (Fsp3) is 0.500. The number of nitrogen functional groups attached to an aromatic ring is 1. The first-order valence-electron chi connectivity index (χ1n) is 5.02. The van der Waals surface area contributed by atoms with E-state index in [1.54, 1.807) is 6.07 Å². The van der Waals surface area contributed by atoms with Crippen LogP contribution in [0.1, 0.15) is 0 Å². The Morgan fingerprint density at radius 1 is 1.27 bits per heavy atom. The molecule has 82 valence electrons. The molecule has 1 aromatic heterocycles. The third kappa shape index (κ3) is 2.33.